The van der Waals surface area contributed by atoms with Crippen molar-refractivity contribution in [1.82, 2.24) is 9.88 Å². The number of aromatic carboxylic acids is 1. The number of likely N-dealkylation sites (N-methyl/N-ethyl adjacent to an activating group) is 1. The van der Waals surface area contributed by atoms with Crippen LogP contribution in [-0.4, -0.2) is 53.5 Å². The summed E-state index contributed by atoms with van der Waals surface area (Å²) in [6.45, 7) is 1.53. The predicted octanol–water partition coefficient (Wildman–Crippen LogP) is 0.0582. The predicted molar refractivity (Wildman–Crippen MR) is 61.0 cm³/mol. The highest BCUT2D eigenvalue weighted by Crippen LogP contribution is 2.14. The average molecular weight is 235 g/mol. The molecule has 90 valence electrons. The quantitative estimate of drug-likeness (QED) is 0.784. The summed E-state index contributed by atoms with van der Waals surface area (Å²) in [6.07, 6.45) is 0. The maximum absolute atomic E-state index is 11.5. The lowest BCUT2D eigenvalue weighted by molar-refractivity contribution is -0.129. The lowest BCUT2D eigenvalue weighted by Crippen LogP contribution is -2.48. The highest BCUT2D eigenvalue weighted by molar-refractivity contribution is 5.86. The number of rotatable bonds is 2. The van der Waals surface area contributed by atoms with Crippen molar-refractivity contribution in [3.63, 3.8) is 0 Å². The number of nitrogens with zero attached hydrogens (tertiary/aromatic N) is 3. The van der Waals surface area contributed by atoms with Gasteiger partial charge in [-0.3, -0.25) is 4.79 Å². The normalized spacial score (nSPS) is 16.2. The number of aromatic nitrogens is 1. The van der Waals surface area contributed by atoms with Crippen LogP contribution in [0.4, 0.5) is 5.82 Å². The van der Waals surface area contributed by atoms with Crippen LogP contribution in [0.1, 0.15) is 10.5 Å². The van der Waals surface area contributed by atoms with Gasteiger partial charge in [0, 0.05) is 20.1 Å². The molecule has 0 saturated carbocycles. The third-order valence-corrected chi connectivity index (χ3v) is 2.73. The van der Waals surface area contributed by atoms with Crippen LogP contribution in [-0.2, 0) is 4.79 Å². The van der Waals surface area contributed by atoms with Gasteiger partial charge in [0.25, 0.3) is 0 Å². The molecular weight excluding hydrogens is 222 g/mol. The second-order valence-electron chi connectivity index (χ2n) is 3.92. The number of carboxylic acid groups (broad SMARTS) is 1. The van der Waals surface area contributed by atoms with Crippen molar-refractivity contribution in [3.8, 4) is 0 Å². The second-order valence-corrected chi connectivity index (χ2v) is 3.92. The molecule has 2 heterocycles. The Kier molecular flexibility index (Phi) is 2.95. The minimum Gasteiger partial charge on any atom is -0.477 e. The number of hydrogen-bond donors (Lipinski definition) is 1. The van der Waals surface area contributed by atoms with Crippen LogP contribution < -0.4 is 4.90 Å². The molecule has 1 N–H and O–H groups in total. The summed E-state index contributed by atoms with van der Waals surface area (Å²) < 4.78 is 0. The van der Waals surface area contributed by atoms with Crippen molar-refractivity contribution in [2.45, 2.75) is 0 Å². The topological polar surface area (TPSA) is 73.7 Å². The van der Waals surface area contributed by atoms with Gasteiger partial charge in [-0.05, 0) is 12.1 Å². The SMILES string of the molecule is CN1CCN(c2cccc(C(=O)O)n2)CC1=O. The molecule has 0 spiro atoms. The molecule has 1 saturated heterocycles. The number of piperazine rings is 1. The highest BCUT2D eigenvalue weighted by atomic mass is 16.4. The van der Waals surface area contributed by atoms with Crippen molar-refractivity contribution in [1.29, 1.82) is 0 Å². The Hall–Kier alpha value is -2.11. The summed E-state index contributed by atoms with van der Waals surface area (Å²) >= 11 is 0. The van der Waals surface area contributed by atoms with Crippen molar-refractivity contribution >= 4 is 17.7 Å². The zero-order valence-electron chi connectivity index (χ0n) is 9.46. The Morgan fingerprint density at radius 2 is 2.18 bits per heavy atom. The molecule has 0 bridgehead atoms. The van der Waals surface area contributed by atoms with E-state index < -0.39 is 5.97 Å². The molecule has 0 atom stereocenters. The number of hydrogen-bond acceptors (Lipinski definition) is 4. The van der Waals surface area contributed by atoms with E-state index in [4.69, 9.17) is 5.11 Å². The maximum Gasteiger partial charge on any atom is 0.354 e. The summed E-state index contributed by atoms with van der Waals surface area (Å²) in [5.74, 6) is -0.516. The molecule has 2 rings (SSSR count). The second kappa shape index (κ2) is 4.40. The Labute approximate surface area is 98.5 Å². The van der Waals surface area contributed by atoms with Gasteiger partial charge >= 0.3 is 5.97 Å². The summed E-state index contributed by atoms with van der Waals surface area (Å²) in [6, 6.07) is 4.78. The van der Waals surface area contributed by atoms with E-state index in [0.29, 0.717) is 18.9 Å². The Morgan fingerprint density at radius 3 is 2.82 bits per heavy atom. The zero-order chi connectivity index (χ0) is 12.4. The maximum atomic E-state index is 11.5. The van der Waals surface area contributed by atoms with E-state index in [9.17, 15) is 9.59 Å². The first-order valence-electron chi connectivity index (χ1n) is 5.27. The first kappa shape index (κ1) is 11.4. The standard InChI is InChI=1S/C11H13N3O3/c1-13-5-6-14(7-10(13)15)9-4-2-3-8(12-9)11(16)17/h2-4H,5-7H2,1H3,(H,16,17). The molecule has 1 aliphatic rings. The lowest BCUT2D eigenvalue weighted by atomic mass is 10.3. The summed E-state index contributed by atoms with van der Waals surface area (Å²) in [7, 11) is 1.75. The first-order chi connectivity index (χ1) is 8.08. The van der Waals surface area contributed by atoms with Crippen molar-refractivity contribution < 1.29 is 14.7 Å². The monoisotopic (exact) mass is 235 g/mol. The molecule has 6 nitrogen and oxygen atoms in total. The molecule has 1 aliphatic heterocycles. The fraction of sp³-hybridized carbons (Fsp3) is 0.364. The van der Waals surface area contributed by atoms with E-state index in [1.165, 1.54) is 6.07 Å². The molecule has 17 heavy (non-hydrogen) atoms. The van der Waals surface area contributed by atoms with E-state index >= 15 is 0 Å². The Bertz CT molecular complexity index is 461. The number of amides is 1. The number of carbonyl (C=O) groups is 2. The van der Waals surface area contributed by atoms with Gasteiger partial charge in [0.15, 0.2) is 5.69 Å². The number of anilines is 1. The van der Waals surface area contributed by atoms with E-state index in [0.717, 1.165) is 0 Å². The fourth-order valence-electron chi connectivity index (χ4n) is 1.67. The van der Waals surface area contributed by atoms with E-state index in [-0.39, 0.29) is 18.1 Å². The summed E-state index contributed by atoms with van der Waals surface area (Å²) in [5.41, 5.74) is -0.00567. The van der Waals surface area contributed by atoms with Gasteiger partial charge in [0.1, 0.15) is 5.82 Å². The van der Waals surface area contributed by atoms with Gasteiger partial charge in [-0.2, -0.15) is 0 Å². The van der Waals surface area contributed by atoms with Crippen LogP contribution >= 0.6 is 0 Å². The number of pyridine rings is 1. The van der Waals surface area contributed by atoms with Gasteiger partial charge in [0.05, 0.1) is 6.54 Å². The van der Waals surface area contributed by atoms with E-state index in [1.54, 1.807) is 29.0 Å². The van der Waals surface area contributed by atoms with E-state index in [2.05, 4.69) is 4.98 Å². The smallest absolute Gasteiger partial charge is 0.354 e. The van der Waals surface area contributed by atoms with Crippen LogP contribution in [0.15, 0.2) is 18.2 Å². The summed E-state index contributed by atoms with van der Waals surface area (Å²) in [5, 5.41) is 8.85. The summed E-state index contributed by atoms with van der Waals surface area (Å²) in [4.78, 5) is 29.8. The molecular formula is C11H13N3O3. The van der Waals surface area contributed by atoms with Crippen molar-refractivity contribution in [2.75, 3.05) is 31.6 Å². The molecule has 1 amide bonds. The number of carboxylic acids is 1. The highest BCUT2D eigenvalue weighted by Gasteiger charge is 2.22. The van der Waals surface area contributed by atoms with Gasteiger partial charge in [-0.1, -0.05) is 6.07 Å². The first-order valence-corrected chi connectivity index (χ1v) is 5.27. The van der Waals surface area contributed by atoms with Gasteiger partial charge in [-0.15, -0.1) is 0 Å². The average Bonchev–Trinajstić information content (AvgIpc) is 2.33. The van der Waals surface area contributed by atoms with Gasteiger partial charge in [0.2, 0.25) is 5.91 Å². The van der Waals surface area contributed by atoms with Crippen LogP contribution in [0.25, 0.3) is 0 Å². The van der Waals surface area contributed by atoms with Gasteiger partial charge < -0.3 is 14.9 Å². The molecule has 0 aliphatic carbocycles. The third kappa shape index (κ3) is 2.35. The molecule has 1 aromatic rings. The molecule has 6 heteroatoms. The third-order valence-electron chi connectivity index (χ3n) is 2.73. The minimum absolute atomic E-state index is 0.00567. The zero-order valence-corrected chi connectivity index (χ0v) is 9.46. The fourth-order valence-corrected chi connectivity index (χ4v) is 1.67. The van der Waals surface area contributed by atoms with Crippen molar-refractivity contribution in [3.05, 3.63) is 23.9 Å². The van der Waals surface area contributed by atoms with Crippen LogP contribution in [0.5, 0.6) is 0 Å². The molecule has 1 fully saturated rings. The molecule has 0 unspecified atom stereocenters. The molecule has 1 aromatic heterocycles. The Balaban J connectivity index is 2.20. The van der Waals surface area contributed by atoms with Gasteiger partial charge in [-0.25, -0.2) is 9.78 Å². The molecule has 0 radical (unpaired) electrons. The van der Waals surface area contributed by atoms with Crippen LogP contribution in [0.2, 0.25) is 0 Å². The Morgan fingerprint density at radius 1 is 1.41 bits per heavy atom. The molecule has 0 aromatic carbocycles. The van der Waals surface area contributed by atoms with Crippen molar-refractivity contribution in [2.24, 2.45) is 0 Å². The van der Waals surface area contributed by atoms with Crippen LogP contribution in [0, 0.1) is 0 Å². The largest absolute Gasteiger partial charge is 0.477 e. The van der Waals surface area contributed by atoms with E-state index in [1.807, 2.05) is 0 Å². The number of carbonyl (C=O) groups excluding carboxylic acids is 1. The minimum atomic E-state index is -1.06. The lowest BCUT2D eigenvalue weighted by Gasteiger charge is -2.32. The van der Waals surface area contributed by atoms with Crippen LogP contribution in [0.3, 0.4) is 0 Å².